The number of hydrogen-bond donors (Lipinski definition) is 1. The minimum absolute atomic E-state index is 0.0490. The van der Waals surface area contributed by atoms with Crippen molar-refractivity contribution < 1.29 is 18.7 Å². The molecular formula is C21H16ClF2NO2. The topological polar surface area (TPSA) is 50.2 Å². The van der Waals surface area contributed by atoms with Crippen molar-refractivity contribution in [1.82, 2.24) is 4.98 Å². The first-order valence-corrected chi connectivity index (χ1v) is 8.69. The molecule has 0 aliphatic rings. The van der Waals surface area contributed by atoms with E-state index in [4.69, 9.17) is 16.7 Å². The van der Waals surface area contributed by atoms with Crippen LogP contribution in [0.5, 0.6) is 0 Å². The van der Waals surface area contributed by atoms with Crippen LogP contribution in [0.1, 0.15) is 32.6 Å². The summed E-state index contributed by atoms with van der Waals surface area (Å²) in [4.78, 5) is 15.1. The van der Waals surface area contributed by atoms with Crippen LogP contribution in [0.15, 0.2) is 54.9 Å². The number of benzene rings is 2. The Morgan fingerprint density at radius 3 is 2.44 bits per heavy atom. The van der Waals surface area contributed by atoms with Crippen LogP contribution < -0.4 is 0 Å². The molecule has 0 saturated carbocycles. The van der Waals surface area contributed by atoms with Crippen LogP contribution in [0.25, 0.3) is 0 Å². The summed E-state index contributed by atoms with van der Waals surface area (Å²) in [7, 11) is 0. The molecule has 0 saturated heterocycles. The van der Waals surface area contributed by atoms with Crippen LogP contribution in [0, 0.1) is 11.6 Å². The zero-order chi connectivity index (χ0) is 19.4. The van der Waals surface area contributed by atoms with E-state index in [0.717, 1.165) is 16.7 Å². The Morgan fingerprint density at radius 2 is 1.74 bits per heavy atom. The molecule has 0 spiro atoms. The van der Waals surface area contributed by atoms with Crippen LogP contribution in [-0.2, 0) is 19.3 Å². The molecule has 0 bridgehead atoms. The SMILES string of the molecule is O=C(O)c1cncc(Cc2cc(Cl)ccc2CCc2c(F)cccc2F)c1. The van der Waals surface area contributed by atoms with Crippen LogP contribution in [0.4, 0.5) is 8.78 Å². The molecule has 3 aromatic rings. The number of rotatable bonds is 6. The number of aryl methyl sites for hydroxylation is 1. The number of halogens is 3. The standard InChI is InChI=1S/C21H16ClF2NO2/c22-17-6-4-14(5-7-18-19(23)2-1-3-20(18)24)15(10-17)8-13-9-16(21(26)27)12-25-11-13/h1-4,6,9-12H,5,7-8H2,(H,26,27). The molecule has 1 N–H and O–H groups in total. The van der Waals surface area contributed by atoms with E-state index < -0.39 is 17.6 Å². The fourth-order valence-corrected chi connectivity index (χ4v) is 3.15. The molecule has 0 aliphatic carbocycles. The smallest absolute Gasteiger partial charge is 0.337 e. The maximum absolute atomic E-state index is 13.9. The number of nitrogens with zero attached hydrogens (tertiary/aromatic N) is 1. The summed E-state index contributed by atoms with van der Waals surface area (Å²) in [5.41, 5.74) is 2.62. The zero-order valence-electron chi connectivity index (χ0n) is 14.3. The molecule has 6 heteroatoms. The van der Waals surface area contributed by atoms with Crippen molar-refractivity contribution in [3.05, 3.63) is 99.3 Å². The van der Waals surface area contributed by atoms with Gasteiger partial charge in [-0.15, -0.1) is 0 Å². The third-order valence-corrected chi connectivity index (χ3v) is 4.55. The Hall–Kier alpha value is -2.79. The molecule has 3 nitrogen and oxygen atoms in total. The van der Waals surface area contributed by atoms with Crippen LogP contribution in [0.2, 0.25) is 5.02 Å². The highest BCUT2D eigenvalue weighted by molar-refractivity contribution is 6.30. The first-order valence-electron chi connectivity index (χ1n) is 8.31. The van der Waals surface area contributed by atoms with Gasteiger partial charge in [0, 0.05) is 23.0 Å². The monoisotopic (exact) mass is 387 g/mol. The van der Waals surface area contributed by atoms with Gasteiger partial charge in [-0.05, 0) is 66.3 Å². The van der Waals surface area contributed by atoms with Gasteiger partial charge in [-0.1, -0.05) is 23.7 Å². The maximum Gasteiger partial charge on any atom is 0.337 e. The Bertz CT molecular complexity index is 971. The van der Waals surface area contributed by atoms with Crippen LogP contribution in [-0.4, -0.2) is 16.1 Å². The van der Waals surface area contributed by atoms with Crippen molar-refractivity contribution >= 4 is 17.6 Å². The Labute approximate surface area is 160 Å². The molecule has 0 atom stereocenters. The minimum atomic E-state index is -1.05. The van der Waals surface area contributed by atoms with E-state index in [9.17, 15) is 13.6 Å². The average molecular weight is 388 g/mol. The summed E-state index contributed by atoms with van der Waals surface area (Å²) in [6, 6.07) is 10.7. The van der Waals surface area contributed by atoms with Crippen molar-refractivity contribution in [3.8, 4) is 0 Å². The van der Waals surface area contributed by atoms with E-state index in [2.05, 4.69) is 4.98 Å². The fourth-order valence-electron chi connectivity index (χ4n) is 2.95. The lowest BCUT2D eigenvalue weighted by molar-refractivity contribution is 0.0696. The lowest BCUT2D eigenvalue weighted by atomic mass is 9.95. The number of aromatic carboxylic acids is 1. The highest BCUT2D eigenvalue weighted by Crippen LogP contribution is 2.22. The summed E-state index contributed by atoms with van der Waals surface area (Å²) < 4.78 is 27.7. The molecule has 1 heterocycles. The summed E-state index contributed by atoms with van der Waals surface area (Å²) in [5, 5.41) is 9.64. The van der Waals surface area contributed by atoms with Crippen molar-refractivity contribution in [1.29, 1.82) is 0 Å². The van der Waals surface area contributed by atoms with E-state index in [-0.39, 0.29) is 17.5 Å². The van der Waals surface area contributed by atoms with Gasteiger partial charge in [0.1, 0.15) is 11.6 Å². The first-order chi connectivity index (χ1) is 12.9. The molecule has 138 valence electrons. The van der Waals surface area contributed by atoms with Gasteiger partial charge in [-0.3, -0.25) is 4.98 Å². The number of hydrogen-bond acceptors (Lipinski definition) is 2. The molecule has 0 amide bonds. The second-order valence-electron chi connectivity index (χ2n) is 6.18. The van der Waals surface area contributed by atoms with E-state index in [1.807, 2.05) is 6.07 Å². The highest BCUT2D eigenvalue weighted by Gasteiger charge is 2.12. The van der Waals surface area contributed by atoms with Gasteiger partial charge >= 0.3 is 5.97 Å². The first kappa shape index (κ1) is 19.0. The summed E-state index contributed by atoms with van der Waals surface area (Å²) in [5.74, 6) is -2.18. The van der Waals surface area contributed by atoms with E-state index in [0.29, 0.717) is 17.9 Å². The lowest BCUT2D eigenvalue weighted by Gasteiger charge is -2.12. The summed E-state index contributed by atoms with van der Waals surface area (Å²) >= 11 is 6.10. The lowest BCUT2D eigenvalue weighted by Crippen LogP contribution is -2.03. The van der Waals surface area contributed by atoms with Crippen molar-refractivity contribution in [3.63, 3.8) is 0 Å². The number of carboxylic acid groups (broad SMARTS) is 1. The number of carboxylic acids is 1. The quantitative estimate of drug-likeness (QED) is 0.641. The Kier molecular flexibility index (Phi) is 5.81. The van der Waals surface area contributed by atoms with Gasteiger partial charge in [0.25, 0.3) is 0 Å². The third-order valence-electron chi connectivity index (χ3n) is 4.31. The Morgan fingerprint density at radius 1 is 1.00 bits per heavy atom. The van der Waals surface area contributed by atoms with Crippen LogP contribution in [0.3, 0.4) is 0 Å². The normalized spacial score (nSPS) is 10.8. The number of pyridine rings is 1. The predicted molar refractivity (Wildman–Crippen MR) is 99.2 cm³/mol. The van der Waals surface area contributed by atoms with Gasteiger partial charge in [-0.25, -0.2) is 13.6 Å². The van der Waals surface area contributed by atoms with Gasteiger partial charge < -0.3 is 5.11 Å². The third kappa shape index (κ3) is 4.68. The van der Waals surface area contributed by atoms with Gasteiger partial charge in [0.15, 0.2) is 0 Å². The molecule has 0 radical (unpaired) electrons. The maximum atomic E-state index is 13.9. The average Bonchev–Trinajstić information content (AvgIpc) is 2.63. The minimum Gasteiger partial charge on any atom is -0.478 e. The molecule has 3 rings (SSSR count). The van der Waals surface area contributed by atoms with Gasteiger partial charge in [-0.2, -0.15) is 0 Å². The molecular weight excluding hydrogens is 372 g/mol. The second-order valence-corrected chi connectivity index (χ2v) is 6.61. The summed E-state index contributed by atoms with van der Waals surface area (Å²) in [6.07, 6.45) is 3.93. The molecule has 0 aliphatic heterocycles. The van der Waals surface area contributed by atoms with E-state index >= 15 is 0 Å². The second kappa shape index (κ2) is 8.27. The van der Waals surface area contributed by atoms with Crippen molar-refractivity contribution in [2.24, 2.45) is 0 Å². The number of carbonyl (C=O) groups is 1. The number of aromatic nitrogens is 1. The van der Waals surface area contributed by atoms with Crippen molar-refractivity contribution in [2.45, 2.75) is 19.3 Å². The predicted octanol–water partition coefficient (Wildman–Crippen LogP) is 5.09. The molecule has 0 unspecified atom stereocenters. The van der Waals surface area contributed by atoms with Gasteiger partial charge in [0.2, 0.25) is 0 Å². The molecule has 2 aromatic carbocycles. The largest absolute Gasteiger partial charge is 0.478 e. The highest BCUT2D eigenvalue weighted by atomic mass is 35.5. The summed E-state index contributed by atoms with van der Waals surface area (Å²) in [6.45, 7) is 0. The molecule has 0 fully saturated rings. The fraction of sp³-hybridized carbons (Fsp3) is 0.143. The molecule has 1 aromatic heterocycles. The van der Waals surface area contributed by atoms with E-state index in [1.165, 1.54) is 24.4 Å². The van der Waals surface area contributed by atoms with Crippen molar-refractivity contribution in [2.75, 3.05) is 0 Å². The molecule has 27 heavy (non-hydrogen) atoms. The Balaban J connectivity index is 1.85. The van der Waals surface area contributed by atoms with Gasteiger partial charge in [0.05, 0.1) is 5.56 Å². The van der Waals surface area contributed by atoms with Crippen LogP contribution >= 0.6 is 11.6 Å². The zero-order valence-corrected chi connectivity index (χ0v) is 15.0. The van der Waals surface area contributed by atoms with E-state index in [1.54, 1.807) is 24.4 Å².